The fraction of sp³-hybridized carbons (Fsp3) is 0.412. The van der Waals surface area contributed by atoms with Crippen LogP contribution in [0.4, 0.5) is 4.39 Å². The minimum atomic E-state index is -0.333. The smallest absolute Gasteiger partial charge is 0.307 e. The molecule has 5 heteroatoms. The van der Waals surface area contributed by atoms with E-state index in [2.05, 4.69) is 4.74 Å². The maximum Gasteiger partial charge on any atom is 0.307 e. The highest BCUT2D eigenvalue weighted by molar-refractivity contribution is 5.79. The molecular weight excluding hydrogens is 285 g/mol. The lowest BCUT2D eigenvalue weighted by atomic mass is 10.2. The van der Waals surface area contributed by atoms with Crippen molar-refractivity contribution >= 4 is 18.0 Å². The second-order valence-electron chi connectivity index (χ2n) is 5.17. The maximum atomic E-state index is 12.8. The summed E-state index contributed by atoms with van der Waals surface area (Å²) >= 11 is 0. The van der Waals surface area contributed by atoms with E-state index in [0.29, 0.717) is 6.54 Å². The van der Waals surface area contributed by atoms with E-state index in [4.69, 9.17) is 0 Å². The van der Waals surface area contributed by atoms with Gasteiger partial charge < -0.3 is 9.64 Å². The van der Waals surface area contributed by atoms with Crippen molar-refractivity contribution in [2.75, 3.05) is 13.7 Å². The van der Waals surface area contributed by atoms with E-state index in [1.807, 2.05) is 13.8 Å². The van der Waals surface area contributed by atoms with Crippen LogP contribution in [0.2, 0.25) is 0 Å². The van der Waals surface area contributed by atoms with E-state index in [9.17, 15) is 14.0 Å². The van der Waals surface area contributed by atoms with Gasteiger partial charge in [-0.2, -0.15) is 0 Å². The van der Waals surface area contributed by atoms with Crippen molar-refractivity contribution in [2.45, 2.75) is 32.7 Å². The lowest BCUT2D eigenvalue weighted by molar-refractivity contribution is -0.142. The number of methoxy groups -OCH3 is 1. The molecule has 0 aliphatic heterocycles. The molecule has 0 bridgehead atoms. The summed E-state index contributed by atoms with van der Waals surface area (Å²) < 4.78 is 17.4. The molecule has 0 saturated heterocycles. The molecule has 0 aliphatic rings. The van der Waals surface area contributed by atoms with Gasteiger partial charge in [-0.05, 0) is 31.5 Å². The van der Waals surface area contributed by atoms with Crippen LogP contribution >= 0.6 is 0 Å². The number of benzene rings is 1. The lowest BCUT2D eigenvalue weighted by Gasteiger charge is -2.26. The third-order valence-corrected chi connectivity index (χ3v) is 3.20. The van der Waals surface area contributed by atoms with E-state index in [-0.39, 0.29) is 36.6 Å². The Bertz CT molecular complexity index is 523. The quantitative estimate of drug-likeness (QED) is 0.727. The number of halogens is 1. The fourth-order valence-electron chi connectivity index (χ4n) is 1.97. The first kappa shape index (κ1) is 17.9. The minimum absolute atomic E-state index is 0.0105. The Morgan fingerprint density at radius 3 is 2.45 bits per heavy atom. The first-order chi connectivity index (χ1) is 10.4. The molecule has 120 valence electrons. The number of nitrogens with zero attached hydrogens (tertiary/aromatic N) is 1. The third kappa shape index (κ3) is 6.08. The standard InChI is InChI=1S/C17H22FNO3/c1-13(2)19(12-11-17(21)22-3)16(20)6-4-5-14-7-9-15(18)10-8-14/h4-5,7-10,13H,6,11-12H2,1-3H3/b5-4+. The van der Waals surface area contributed by atoms with Crippen molar-refractivity contribution in [3.05, 3.63) is 41.7 Å². The molecule has 1 aromatic rings. The van der Waals surface area contributed by atoms with Crippen molar-refractivity contribution < 1.29 is 18.7 Å². The number of hydrogen-bond acceptors (Lipinski definition) is 3. The Labute approximate surface area is 130 Å². The Morgan fingerprint density at radius 2 is 1.91 bits per heavy atom. The molecule has 0 N–H and O–H groups in total. The van der Waals surface area contributed by atoms with Crippen molar-refractivity contribution in [1.82, 2.24) is 4.90 Å². The van der Waals surface area contributed by atoms with Gasteiger partial charge in [-0.3, -0.25) is 9.59 Å². The Balaban J connectivity index is 2.55. The molecule has 1 amide bonds. The number of carbonyl (C=O) groups excluding carboxylic acids is 2. The largest absolute Gasteiger partial charge is 0.469 e. The van der Waals surface area contributed by atoms with E-state index in [1.54, 1.807) is 29.2 Å². The monoisotopic (exact) mass is 307 g/mol. The van der Waals surface area contributed by atoms with Crippen LogP contribution in [0, 0.1) is 5.82 Å². The van der Waals surface area contributed by atoms with Crippen LogP contribution in [0.25, 0.3) is 6.08 Å². The van der Waals surface area contributed by atoms with Crippen molar-refractivity contribution in [3.63, 3.8) is 0 Å². The SMILES string of the molecule is COC(=O)CCN(C(=O)C/C=C/c1ccc(F)cc1)C(C)C. The summed E-state index contributed by atoms with van der Waals surface area (Å²) in [6.45, 7) is 4.14. The average molecular weight is 307 g/mol. The fourth-order valence-corrected chi connectivity index (χ4v) is 1.97. The van der Waals surface area contributed by atoms with Gasteiger partial charge in [-0.25, -0.2) is 4.39 Å². The van der Waals surface area contributed by atoms with Gasteiger partial charge in [0.2, 0.25) is 5.91 Å². The van der Waals surface area contributed by atoms with E-state index >= 15 is 0 Å². The molecule has 0 unspecified atom stereocenters. The first-order valence-electron chi connectivity index (χ1n) is 7.22. The topological polar surface area (TPSA) is 46.6 Å². The number of rotatable bonds is 7. The van der Waals surface area contributed by atoms with E-state index in [0.717, 1.165) is 5.56 Å². The molecule has 4 nitrogen and oxygen atoms in total. The van der Waals surface area contributed by atoms with Crippen LogP contribution in [0.1, 0.15) is 32.3 Å². The molecule has 22 heavy (non-hydrogen) atoms. The van der Waals surface area contributed by atoms with Gasteiger partial charge in [-0.1, -0.05) is 24.3 Å². The van der Waals surface area contributed by atoms with Crippen LogP contribution in [-0.4, -0.2) is 36.5 Å². The highest BCUT2D eigenvalue weighted by Crippen LogP contribution is 2.08. The van der Waals surface area contributed by atoms with Crippen molar-refractivity contribution in [2.24, 2.45) is 0 Å². The van der Waals surface area contributed by atoms with Gasteiger partial charge in [0.05, 0.1) is 13.5 Å². The Morgan fingerprint density at radius 1 is 1.27 bits per heavy atom. The molecule has 0 saturated carbocycles. The molecule has 0 aliphatic carbocycles. The van der Waals surface area contributed by atoms with Gasteiger partial charge in [0.1, 0.15) is 5.82 Å². The van der Waals surface area contributed by atoms with E-state index < -0.39 is 0 Å². The molecule has 1 rings (SSSR count). The third-order valence-electron chi connectivity index (χ3n) is 3.20. The zero-order valence-electron chi connectivity index (χ0n) is 13.2. The van der Waals surface area contributed by atoms with Gasteiger partial charge in [0, 0.05) is 19.0 Å². The predicted molar refractivity (Wildman–Crippen MR) is 83.5 cm³/mol. The van der Waals surface area contributed by atoms with Crippen LogP contribution in [0.3, 0.4) is 0 Å². The summed E-state index contributed by atoms with van der Waals surface area (Å²) in [4.78, 5) is 25.0. The number of amides is 1. The summed E-state index contributed by atoms with van der Waals surface area (Å²) in [5, 5.41) is 0. The highest BCUT2D eigenvalue weighted by Gasteiger charge is 2.16. The normalized spacial score (nSPS) is 11.0. The first-order valence-corrected chi connectivity index (χ1v) is 7.22. The maximum absolute atomic E-state index is 12.8. The number of esters is 1. The Hall–Kier alpha value is -2.17. The molecular formula is C17H22FNO3. The molecule has 0 aromatic heterocycles. The lowest BCUT2D eigenvalue weighted by Crippen LogP contribution is -2.38. The number of carbonyl (C=O) groups is 2. The summed E-state index contributed by atoms with van der Waals surface area (Å²) in [5.41, 5.74) is 0.833. The summed E-state index contributed by atoms with van der Waals surface area (Å²) in [5.74, 6) is -0.681. The minimum Gasteiger partial charge on any atom is -0.469 e. The second-order valence-corrected chi connectivity index (χ2v) is 5.17. The summed E-state index contributed by atoms with van der Waals surface area (Å²) in [7, 11) is 1.33. The van der Waals surface area contributed by atoms with Crippen LogP contribution in [-0.2, 0) is 14.3 Å². The van der Waals surface area contributed by atoms with Crippen molar-refractivity contribution in [3.8, 4) is 0 Å². The Kier molecular flexibility index (Phi) is 7.29. The van der Waals surface area contributed by atoms with Gasteiger partial charge in [0.15, 0.2) is 0 Å². The average Bonchev–Trinajstić information content (AvgIpc) is 2.48. The van der Waals surface area contributed by atoms with Gasteiger partial charge in [-0.15, -0.1) is 0 Å². The molecule has 0 spiro atoms. The zero-order chi connectivity index (χ0) is 16.5. The summed E-state index contributed by atoms with van der Waals surface area (Å²) in [6, 6.07) is 6.05. The molecule has 1 aromatic carbocycles. The summed E-state index contributed by atoms with van der Waals surface area (Å²) in [6.07, 6.45) is 3.93. The van der Waals surface area contributed by atoms with Crippen LogP contribution < -0.4 is 0 Å². The zero-order valence-corrected chi connectivity index (χ0v) is 13.2. The number of ether oxygens (including phenoxy) is 1. The number of hydrogen-bond donors (Lipinski definition) is 0. The second kappa shape index (κ2) is 8.97. The molecule has 0 heterocycles. The molecule has 0 radical (unpaired) electrons. The van der Waals surface area contributed by atoms with E-state index in [1.165, 1.54) is 19.2 Å². The van der Waals surface area contributed by atoms with Gasteiger partial charge in [0.25, 0.3) is 0 Å². The molecule has 0 atom stereocenters. The predicted octanol–water partition coefficient (Wildman–Crippen LogP) is 3.03. The molecule has 0 fully saturated rings. The van der Waals surface area contributed by atoms with Crippen LogP contribution in [0.5, 0.6) is 0 Å². The van der Waals surface area contributed by atoms with Crippen LogP contribution in [0.15, 0.2) is 30.3 Å². The van der Waals surface area contributed by atoms with Crippen molar-refractivity contribution in [1.29, 1.82) is 0 Å². The highest BCUT2D eigenvalue weighted by atomic mass is 19.1. The van der Waals surface area contributed by atoms with Gasteiger partial charge >= 0.3 is 5.97 Å².